The number of aryl methyl sites for hydroxylation is 3. The Balaban J connectivity index is 1.11. The second-order valence-electron chi connectivity index (χ2n) is 18.3. The molecule has 0 fully saturated rings. The van der Waals surface area contributed by atoms with Gasteiger partial charge < -0.3 is 14.4 Å². The van der Waals surface area contributed by atoms with Crippen molar-refractivity contribution in [2.75, 3.05) is 9.80 Å². The number of hydrogen-bond acceptors (Lipinski definition) is 2. The molecule has 0 atom stereocenters. The van der Waals surface area contributed by atoms with E-state index < -0.39 is 0 Å². The summed E-state index contributed by atoms with van der Waals surface area (Å²) in [5.74, 6) is 0. The molecule has 13 rings (SSSR count). The average molecular weight is 856 g/mol. The number of rotatable bonds is 6. The van der Waals surface area contributed by atoms with Crippen LogP contribution in [0.3, 0.4) is 0 Å². The molecular formula is C63H46BN3. The maximum absolute atomic E-state index is 2.56. The monoisotopic (exact) mass is 855 g/mol. The van der Waals surface area contributed by atoms with Gasteiger partial charge in [-0.3, -0.25) is 0 Å². The topological polar surface area (TPSA) is 11.4 Å². The van der Waals surface area contributed by atoms with Crippen LogP contribution in [0.15, 0.2) is 224 Å². The van der Waals surface area contributed by atoms with Crippen molar-refractivity contribution in [3.8, 4) is 39.1 Å². The van der Waals surface area contributed by atoms with E-state index in [1.54, 1.807) is 0 Å². The molecule has 0 N–H and O–H groups in total. The van der Waals surface area contributed by atoms with E-state index in [0.717, 1.165) is 17.1 Å². The van der Waals surface area contributed by atoms with Crippen LogP contribution in [0.4, 0.5) is 34.1 Å². The quantitative estimate of drug-likeness (QED) is 0.154. The fourth-order valence-electron chi connectivity index (χ4n) is 11.5. The number of para-hydroxylation sites is 3. The van der Waals surface area contributed by atoms with Crippen LogP contribution in [0, 0.1) is 20.8 Å². The molecule has 2 aliphatic rings. The Morgan fingerprint density at radius 2 is 0.776 bits per heavy atom. The number of hydrogen-bond donors (Lipinski definition) is 0. The van der Waals surface area contributed by atoms with Crippen LogP contribution in [0.1, 0.15) is 16.7 Å². The first-order chi connectivity index (χ1) is 33.0. The van der Waals surface area contributed by atoms with Crippen molar-refractivity contribution >= 4 is 79.0 Å². The van der Waals surface area contributed by atoms with Crippen LogP contribution in [0.25, 0.3) is 60.9 Å². The molecule has 2 aliphatic heterocycles. The predicted molar refractivity (Wildman–Crippen MR) is 285 cm³/mol. The number of anilines is 6. The van der Waals surface area contributed by atoms with E-state index in [0.29, 0.717) is 0 Å². The zero-order valence-electron chi connectivity index (χ0n) is 37.8. The third kappa shape index (κ3) is 6.21. The van der Waals surface area contributed by atoms with Gasteiger partial charge in [-0.15, -0.1) is 0 Å². The smallest absolute Gasteiger partial charge is 0.252 e. The summed E-state index contributed by atoms with van der Waals surface area (Å²) in [4.78, 5) is 5.08. The van der Waals surface area contributed by atoms with Gasteiger partial charge in [0.05, 0.1) is 11.0 Å². The van der Waals surface area contributed by atoms with E-state index in [2.05, 4.69) is 260 Å². The minimum atomic E-state index is -0.0163. The molecule has 67 heavy (non-hydrogen) atoms. The lowest BCUT2D eigenvalue weighted by Gasteiger charge is -2.44. The van der Waals surface area contributed by atoms with E-state index >= 15 is 0 Å². The standard InChI is InChI=1S/C63H46BN3/c1-41-36-42(2)62(43(3)37-41)48-38-60-63-61(39-48)66(50-32-28-47(29-33-50)45-18-8-5-9-19-45)59-40-51(67-56-23-13-10-20-52(56)53-21-11-14-24-57(53)67)34-35-55(59)64(63)54-22-12-15-25-58(54)65(60)49-30-26-46(27-31-49)44-16-6-4-7-17-44/h4-40H,1-3H3. The number of fused-ring (bicyclic) bond motifs is 7. The molecule has 0 amide bonds. The van der Waals surface area contributed by atoms with Gasteiger partial charge in [0.2, 0.25) is 0 Å². The lowest BCUT2D eigenvalue weighted by atomic mass is 9.33. The molecule has 10 aromatic carbocycles. The summed E-state index contributed by atoms with van der Waals surface area (Å²) in [7, 11) is 0. The molecule has 0 unspecified atom stereocenters. The molecule has 11 aromatic rings. The first-order valence-corrected chi connectivity index (χ1v) is 23.4. The van der Waals surface area contributed by atoms with Crippen molar-refractivity contribution in [2.24, 2.45) is 0 Å². The average Bonchev–Trinajstić information content (AvgIpc) is 3.71. The maximum atomic E-state index is 2.56. The maximum Gasteiger partial charge on any atom is 0.252 e. The van der Waals surface area contributed by atoms with Crippen molar-refractivity contribution in [2.45, 2.75) is 20.8 Å². The Hall–Kier alpha value is -8.34. The zero-order valence-corrected chi connectivity index (χ0v) is 37.8. The summed E-state index contributed by atoms with van der Waals surface area (Å²) in [6, 6.07) is 83.3. The Bertz CT molecular complexity index is 3650. The molecule has 316 valence electrons. The van der Waals surface area contributed by atoms with Gasteiger partial charge in [-0.25, -0.2) is 0 Å². The van der Waals surface area contributed by atoms with Crippen LogP contribution in [0.5, 0.6) is 0 Å². The van der Waals surface area contributed by atoms with E-state index in [9.17, 15) is 0 Å². The van der Waals surface area contributed by atoms with Gasteiger partial charge >= 0.3 is 0 Å². The van der Waals surface area contributed by atoms with Crippen molar-refractivity contribution in [1.29, 1.82) is 0 Å². The van der Waals surface area contributed by atoms with Crippen LogP contribution in [0.2, 0.25) is 0 Å². The van der Waals surface area contributed by atoms with Crippen molar-refractivity contribution < 1.29 is 0 Å². The Labute approximate surface area is 392 Å². The van der Waals surface area contributed by atoms with Crippen molar-refractivity contribution in [3.05, 3.63) is 241 Å². The number of aromatic nitrogens is 1. The first-order valence-electron chi connectivity index (χ1n) is 23.4. The summed E-state index contributed by atoms with van der Waals surface area (Å²) in [6.45, 7) is 6.73. The molecule has 4 heteroatoms. The minimum Gasteiger partial charge on any atom is -0.311 e. The predicted octanol–water partition coefficient (Wildman–Crippen LogP) is 14.8. The largest absolute Gasteiger partial charge is 0.311 e. The molecule has 3 heterocycles. The SMILES string of the molecule is Cc1cc(C)c(-c2cc3c4c(c2)N(c2ccc(-c5ccccc5)cc2)c2cc(-n5c6ccccc6c6ccccc65)ccc2B4c2ccccc2N3c2ccc(-c3ccccc3)cc2)c(C)c1. The fraction of sp³-hybridized carbons (Fsp3) is 0.0476. The third-order valence-corrected chi connectivity index (χ3v) is 14.2. The Morgan fingerprint density at radius 1 is 0.328 bits per heavy atom. The second kappa shape index (κ2) is 15.4. The van der Waals surface area contributed by atoms with E-state index in [4.69, 9.17) is 0 Å². The molecule has 0 radical (unpaired) electrons. The van der Waals surface area contributed by atoms with Gasteiger partial charge in [0, 0.05) is 50.6 Å². The van der Waals surface area contributed by atoms with E-state index in [1.807, 2.05) is 0 Å². The van der Waals surface area contributed by atoms with E-state index in [-0.39, 0.29) is 6.71 Å². The first kappa shape index (κ1) is 39.1. The molecule has 0 saturated heterocycles. The Kier molecular flexibility index (Phi) is 8.98. The number of benzene rings is 10. The molecule has 0 aliphatic carbocycles. The van der Waals surface area contributed by atoms with Crippen LogP contribution in [-0.2, 0) is 0 Å². The molecule has 0 spiro atoms. The number of nitrogens with zero attached hydrogens (tertiary/aromatic N) is 3. The van der Waals surface area contributed by atoms with Crippen LogP contribution >= 0.6 is 0 Å². The van der Waals surface area contributed by atoms with Gasteiger partial charge in [0.15, 0.2) is 0 Å². The highest BCUT2D eigenvalue weighted by molar-refractivity contribution is 7.00. The molecule has 3 nitrogen and oxygen atoms in total. The highest BCUT2D eigenvalue weighted by Crippen LogP contribution is 2.48. The molecular weight excluding hydrogens is 810 g/mol. The summed E-state index contributed by atoms with van der Waals surface area (Å²) >= 11 is 0. The summed E-state index contributed by atoms with van der Waals surface area (Å²) in [6.07, 6.45) is 0. The molecule has 0 saturated carbocycles. The van der Waals surface area contributed by atoms with Crippen LogP contribution in [-0.4, -0.2) is 11.3 Å². The summed E-state index contributed by atoms with van der Waals surface area (Å²) in [5.41, 5.74) is 25.6. The Morgan fingerprint density at radius 3 is 1.34 bits per heavy atom. The van der Waals surface area contributed by atoms with Crippen LogP contribution < -0.4 is 26.2 Å². The van der Waals surface area contributed by atoms with Gasteiger partial charge in [-0.2, -0.15) is 0 Å². The van der Waals surface area contributed by atoms with Gasteiger partial charge in [-0.05, 0) is 148 Å². The lowest BCUT2D eigenvalue weighted by Crippen LogP contribution is -2.61. The summed E-state index contributed by atoms with van der Waals surface area (Å²) in [5, 5.41) is 2.51. The summed E-state index contributed by atoms with van der Waals surface area (Å²) < 4.78 is 2.45. The lowest BCUT2D eigenvalue weighted by molar-refractivity contribution is 1.17. The zero-order chi connectivity index (χ0) is 44.8. The van der Waals surface area contributed by atoms with Gasteiger partial charge in [0.25, 0.3) is 6.71 Å². The molecule has 0 bridgehead atoms. The van der Waals surface area contributed by atoms with Gasteiger partial charge in [-0.1, -0.05) is 163 Å². The minimum absolute atomic E-state index is 0.0163. The highest BCUT2D eigenvalue weighted by atomic mass is 15.2. The third-order valence-electron chi connectivity index (χ3n) is 14.2. The van der Waals surface area contributed by atoms with Crippen molar-refractivity contribution in [1.82, 2.24) is 4.57 Å². The highest BCUT2D eigenvalue weighted by Gasteiger charge is 2.44. The normalized spacial score (nSPS) is 12.6. The van der Waals surface area contributed by atoms with E-state index in [1.165, 1.54) is 111 Å². The van der Waals surface area contributed by atoms with Gasteiger partial charge in [0.1, 0.15) is 0 Å². The van der Waals surface area contributed by atoms with Crippen molar-refractivity contribution in [3.63, 3.8) is 0 Å². The molecule has 1 aromatic heterocycles. The fourth-order valence-corrected chi connectivity index (χ4v) is 11.5. The second-order valence-corrected chi connectivity index (χ2v) is 18.3.